The first kappa shape index (κ1) is 18.0. The molecule has 2 amide bonds. The minimum atomic E-state index is -3.24. The smallest absolute Gasteiger partial charge is 0.323 e. The fourth-order valence-electron chi connectivity index (χ4n) is 2.92. The van der Waals surface area contributed by atoms with Gasteiger partial charge in [-0.2, -0.15) is 0 Å². The second-order valence-corrected chi connectivity index (χ2v) is 8.36. The van der Waals surface area contributed by atoms with Gasteiger partial charge in [-0.05, 0) is 60.5 Å². The van der Waals surface area contributed by atoms with Crippen LogP contribution in [-0.2, 0) is 16.3 Å². The van der Waals surface area contributed by atoms with E-state index in [-0.39, 0.29) is 5.75 Å². The molecule has 0 bridgehead atoms. The summed E-state index contributed by atoms with van der Waals surface area (Å²) in [4.78, 5) is 16.4. The summed E-state index contributed by atoms with van der Waals surface area (Å²) in [6.45, 7) is 0. The lowest BCUT2D eigenvalue weighted by molar-refractivity contribution is 0.262. The molecule has 2 heterocycles. The molecule has 3 aromatic rings. The van der Waals surface area contributed by atoms with E-state index in [1.807, 2.05) is 0 Å². The van der Waals surface area contributed by atoms with Crippen LogP contribution in [0.4, 0.5) is 16.2 Å². The van der Waals surface area contributed by atoms with E-state index >= 15 is 0 Å². The molecule has 1 aliphatic rings. The monoisotopic (exact) mass is 395 g/mol. The van der Waals surface area contributed by atoms with Crippen molar-refractivity contribution in [2.24, 2.45) is 0 Å². The second-order valence-electron chi connectivity index (χ2n) is 6.28. The molecule has 0 radical (unpaired) electrons. The highest BCUT2D eigenvalue weighted by molar-refractivity contribution is 7.91. The van der Waals surface area contributed by atoms with Crippen molar-refractivity contribution in [2.45, 2.75) is 11.3 Å². The van der Waals surface area contributed by atoms with E-state index in [9.17, 15) is 13.2 Å². The Morgan fingerprint density at radius 3 is 2.29 bits per heavy atom. The summed E-state index contributed by atoms with van der Waals surface area (Å²) >= 11 is 0. The number of anilines is 2. The minimum Gasteiger partial charge on any atom is -0.457 e. The summed E-state index contributed by atoms with van der Waals surface area (Å²) in [5.41, 5.74) is 1.79. The molecule has 0 saturated carbocycles. The van der Waals surface area contributed by atoms with Gasteiger partial charge in [0.25, 0.3) is 0 Å². The van der Waals surface area contributed by atoms with Gasteiger partial charge in [-0.25, -0.2) is 13.2 Å². The third kappa shape index (κ3) is 3.96. The average Bonchev–Trinajstić information content (AvgIpc) is 2.99. The molecule has 1 aliphatic heterocycles. The van der Waals surface area contributed by atoms with E-state index < -0.39 is 15.9 Å². The van der Waals surface area contributed by atoms with Crippen molar-refractivity contribution in [3.8, 4) is 11.5 Å². The number of amides is 2. The van der Waals surface area contributed by atoms with Crippen LogP contribution in [0.2, 0.25) is 0 Å². The lowest BCUT2D eigenvalue weighted by Gasteiger charge is -2.10. The highest BCUT2D eigenvalue weighted by atomic mass is 32.2. The number of nitrogens with one attached hydrogen (secondary N) is 2. The van der Waals surface area contributed by atoms with Crippen LogP contribution in [0, 0.1) is 0 Å². The van der Waals surface area contributed by atoms with Gasteiger partial charge in [0.15, 0.2) is 9.84 Å². The van der Waals surface area contributed by atoms with Gasteiger partial charge in [0.2, 0.25) is 0 Å². The van der Waals surface area contributed by atoms with Crippen molar-refractivity contribution in [3.05, 3.63) is 72.6 Å². The van der Waals surface area contributed by atoms with Crippen molar-refractivity contribution in [1.82, 2.24) is 4.98 Å². The van der Waals surface area contributed by atoms with Gasteiger partial charge in [-0.3, -0.25) is 4.98 Å². The van der Waals surface area contributed by atoms with E-state index in [2.05, 4.69) is 15.6 Å². The summed E-state index contributed by atoms with van der Waals surface area (Å²) in [5.74, 6) is 1.41. The minimum absolute atomic E-state index is 0.117. The maximum absolute atomic E-state index is 12.2. The number of carbonyl (C=O) groups excluding carboxylic acids is 1. The van der Waals surface area contributed by atoms with Crippen LogP contribution >= 0.6 is 0 Å². The molecular weight excluding hydrogens is 378 g/mol. The Labute approximate surface area is 162 Å². The molecule has 8 heteroatoms. The zero-order valence-corrected chi connectivity index (χ0v) is 15.6. The number of fused-ring (bicyclic) bond motifs is 1. The van der Waals surface area contributed by atoms with Crippen molar-refractivity contribution in [3.63, 3.8) is 0 Å². The largest absolute Gasteiger partial charge is 0.457 e. The molecule has 28 heavy (non-hydrogen) atoms. The maximum Gasteiger partial charge on any atom is 0.323 e. The number of ether oxygens (including phenoxy) is 1. The van der Waals surface area contributed by atoms with Crippen LogP contribution in [0.3, 0.4) is 0 Å². The quantitative estimate of drug-likeness (QED) is 0.699. The lowest BCUT2D eigenvalue weighted by atomic mass is 10.1. The lowest BCUT2D eigenvalue weighted by Crippen LogP contribution is -2.19. The molecule has 2 N–H and O–H groups in total. The predicted octanol–water partition coefficient (Wildman–Crippen LogP) is 3.85. The standard InChI is InChI=1S/C20H17N3O4S/c24-20(23-16-2-1-14-9-12-28(25,26)19(14)13-16)22-15-3-5-17(6-4-15)27-18-7-10-21-11-8-18/h1-8,10-11,13H,9,12H2,(H2,22,23,24). The number of urea groups is 1. The Kier molecular flexibility index (Phi) is 4.70. The molecule has 0 spiro atoms. The second kappa shape index (κ2) is 7.32. The summed E-state index contributed by atoms with van der Waals surface area (Å²) < 4.78 is 29.7. The predicted molar refractivity (Wildman–Crippen MR) is 106 cm³/mol. The molecule has 1 aromatic heterocycles. The first-order valence-electron chi connectivity index (χ1n) is 8.61. The zero-order valence-electron chi connectivity index (χ0n) is 14.8. The summed E-state index contributed by atoms with van der Waals surface area (Å²) in [6, 6.07) is 14.9. The average molecular weight is 395 g/mol. The molecule has 0 atom stereocenters. The summed E-state index contributed by atoms with van der Waals surface area (Å²) in [5, 5.41) is 5.36. The Hall–Kier alpha value is -3.39. The Morgan fingerprint density at radius 1 is 0.893 bits per heavy atom. The SMILES string of the molecule is O=C(Nc1ccc(Oc2ccncc2)cc1)Nc1ccc2c(c1)S(=O)(=O)CC2. The van der Waals surface area contributed by atoms with Crippen LogP contribution < -0.4 is 15.4 Å². The summed E-state index contributed by atoms with van der Waals surface area (Å²) in [6.07, 6.45) is 3.79. The van der Waals surface area contributed by atoms with E-state index in [0.29, 0.717) is 34.2 Å². The van der Waals surface area contributed by atoms with Crippen LogP contribution in [0.5, 0.6) is 11.5 Å². The van der Waals surface area contributed by atoms with Crippen molar-refractivity contribution in [1.29, 1.82) is 0 Å². The number of pyridine rings is 1. The van der Waals surface area contributed by atoms with Gasteiger partial charge in [0.1, 0.15) is 11.5 Å². The highest BCUT2D eigenvalue weighted by Crippen LogP contribution is 2.28. The van der Waals surface area contributed by atoms with Gasteiger partial charge in [0, 0.05) is 23.8 Å². The normalized spacial score (nSPS) is 14.1. The van der Waals surface area contributed by atoms with Gasteiger partial charge in [-0.15, -0.1) is 0 Å². The van der Waals surface area contributed by atoms with Crippen LogP contribution in [0.25, 0.3) is 0 Å². The van der Waals surface area contributed by atoms with Crippen molar-refractivity contribution in [2.75, 3.05) is 16.4 Å². The third-order valence-corrected chi connectivity index (χ3v) is 6.09. The van der Waals surface area contributed by atoms with Gasteiger partial charge >= 0.3 is 6.03 Å². The van der Waals surface area contributed by atoms with Crippen LogP contribution in [-0.4, -0.2) is 25.2 Å². The Bertz CT molecular complexity index is 1110. The molecule has 2 aromatic carbocycles. The number of nitrogens with zero attached hydrogens (tertiary/aromatic N) is 1. The van der Waals surface area contributed by atoms with Crippen molar-refractivity contribution >= 4 is 27.2 Å². The number of hydrogen-bond acceptors (Lipinski definition) is 5. The van der Waals surface area contributed by atoms with E-state index in [1.54, 1.807) is 60.9 Å². The number of sulfone groups is 1. The molecular formula is C20H17N3O4S. The Balaban J connectivity index is 1.39. The summed E-state index contributed by atoms with van der Waals surface area (Å²) in [7, 11) is -3.24. The third-order valence-electron chi connectivity index (χ3n) is 4.30. The first-order valence-corrected chi connectivity index (χ1v) is 10.3. The molecule has 0 unspecified atom stereocenters. The van der Waals surface area contributed by atoms with Crippen molar-refractivity contribution < 1.29 is 17.9 Å². The van der Waals surface area contributed by atoms with E-state index in [4.69, 9.17) is 4.74 Å². The fourth-order valence-corrected chi connectivity index (χ4v) is 4.51. The zero-order chi connectivity index (χ0) is 19.6. The maximum atomic E-state index is 12.2. The van der Waals surface area contributed by atoms with Gasteiger partial charge in [0.05, 0.1) is 10.6 Å². The Morgan fingerprint density at radius 2 is 1.54 bits per heavy atom. The molecule has 142 valence electrons. The van der Waals surface area contributed by atoms with E-state index in [0.717, 1.165) is 5.56 Å². The number of rotatable bonds is 4. The number of carbonyl (C=O) groups is 1. The number of aryl methyl sites for hydroxylation is 1. The van der Waals surface area contributed by atoms with Gasteiger partial charge in [-0.1, -0.05) is 6.07 Å². The first-order chi connectivity index (χ1) is 13.5. The molecule has 0 fully saturated rings. The van der Waals surface area contributed by atoms with Crippen LogP contribution in [0.15, 0.2) is 71.9 Å². The van der Waals surface area contributed by atoms with Gasteiger partial charge < -0.3 is 15.4 Å². The number of benzene rings is 2. The fraction of sp³-hybridized carbons (Fsp3) is 0.100. The number of hydrogen-bond donors (Lipinski definition) is 2. The number of aromatic nitrogens is 1. The molecule has 0 saturated heterocycles. The van der Waals surface area contributed by atoms with E-state index in [1.165, 1.54) is 6.07 Å². The molecule has 0 aliphatic carbocycles. The van der Waals surface area contributed by atoms with Crippen LogP contribution in [0.1, 0.15) is 5.56 Å². The molecule has 7 nitrogen and oxygen atoms in total. The topological polar surface area (TPSA) is 97.4 Å². The highest BCUT2D eigenvalue weighted by Gasteiger charge is 2.26. The molecule has 4 rings (SSSR count).